The highest BCUT2D eigenvalue weighted by molar-refractivity contribution is 5.69. The van der Waals surface area contributed by atoms with Crippen LogP contribution in [0.3, 0.4) is 0 Å². The predicted octanol–water partition coefficient (Wildman–Crippen LogP) is 15.2. The van der Waals surface area contributed by atoms with Crippen LogP contribution in [0.25, 0.3) is 22.9 Å². The van der Waals surface area contributed by atoms with E-state index in [4.69, 9.17) is 32.8 Å². The monoisotopic (exact) mass is 823 g/mol. The molecule has 0 bridgehead atoms. The Morgan fingerprint density at radius 1 is 0.322 bits per heavy atom. The number of hydrogen-bond acceptors (Lipinski definition) is 9. The third kappa shape index (κ3) is 19.5. The van der Waals surface area contributed by atoms with E-state index in [1.807, 2.05) is 24.3 Å². The van der Waals surface area contributed by atoms with Crippen LogP contribution in [0.1, 0.15) is 196 Å². The topological polar surface area (TPSA) is 94.3 Å². The lowest BCUT2D eigenvalue weighted by atomic mass is 10.1. The maximum absolute atomic E-state index is 6.51. The molecule has 0 unspecified atom stereocenters. The summed E-state index contributed by atoms with van der Waals surface area (Å²) < 4.78 is 45.4. The fraction of sp³-hybridized carbons (Fsp3) is 0.720. The molecule has 3 aromatic rings. The van der Waals surface area contributed by atoms with E-state index in [0.29, 0.717) is 85.9 Å². The molecule has 0 saturated heterocycles. The molecule has 2 aromatic carbocycles. The molecule has 0 fully saturated rings. The minimum atomic E-state index is 0.376. The van der Waals surface area contributed by atoms with Gasteiger partial charge in [0, 0.05) is 11.1 Å². The Kier molecular flexibility index (Phi) is 27.1. The summed E-state index contributed by atoms with van der Waals surface area (Å²) >= 11 is 0. The fourth-order valence-corrected chi connectivity index (χ4v) is 6.82. The van der Waals surface area contributed by atoms with Crippen LogP contribution in [-0.2, 0) is 0 Å². The standard InChI is InChI=1S/C50H82N2O7/c1-7-13-19-25-31-53-43-37-41(38-44(54-32-26-20-14-8-2)47(43)57-35-29-23-17-11-5)49-51-52-50(59-49)42-39-45(55-33-27-21-15-9-3)48(58-36-30-24-18-12-6)46(40-42)56-34-28-22-16-10-4/h37-40H,7-36H2,1-6H3. The normalized spacial score (nSPS) is 11.2. The second-order valence-corrected chi connectivity index (χ2v) is 16.0. The van der Waals surface area contributed by atoms with Crippen LogP contribution in [0, 0.1) is 0 Å². The summed E-state index contributed by atoms with van der Waals surface area (Å²) in [5, 5.41) is 9.16. The van der Waals surface area contributed by atoms with E-state index in [1.165, 1.54) is 77.0 Å². The average molecular weight is 823 g/mol. The van der Waals surface area contributed by atoms with E-state index in [1.54, 1.807) is 0 Å². The van der Waals surface area contributed by atoms with E-state index in [0.717, 1.165) is 88.2 Å². The van der Waals surface area contributed by atoms with Crippen molar-refractivity contribution in [3.63, 3.8) is 0 Å². The second-order valence-electron chi connectivity index (χ2n) is 16.0. The molecule has 0 N–H and O–H groups in total. The maximum atomic E-state index is 6.51. The highest BCUT2D eigenvalue weighted by Crippen LogP contribution is 2.45. The smallest absolute Gasteiger partial charge is 0.248 e. The Hall–Kier alpha value is -3.62. The molecule has 0 atom stereocenters. The molecule has 0 aliphatic heterocycles. The summed E-state index contributed by atoms with van der Waals surface area (Å²) in [6.07, 6.45) is 26.7. The fourth-order valence-electron chi connectivity index (χ4n) is 6.82. The first kappa shape index (κ1) is 49.7. The predicted molar refractivity (Wildman–Crippen MR) is 243 cm³/mol. The molecule has 1 aromatic heterocycles. The molecule has 0 spiro atoms. The minimum absolute atomic E-state index is 0.376. The molecule has 9 nitrogen and oxygen atoms in total. The van der Waals surface area contributed by atoms with E-state index in [9.17, 15) is 0 Å². The van der Waals surface area contributed by atoms with Crippen molar-refractivity contribution in [2.45, 2.75) is 196 Å². The third-order valence-corrected chi connectivity index (χ3v) is 10.5. The SMILES string of the molecule is CCCCCCOc1cc(-c2nnc(-c3cc(OCCCCCC)c(OCCCCCC)c(OCCCCCC)c3)o2)cc(OCCCCCC)c1OCCCCCC. The molecule has 334 valence electrons. The van der Waals surface area contributed by atoms with Crippen molar-refractivity contribution in [3.05, 3.63) is 24.3 Å². The van der Waals surface area contributed by atoms with Crippen molar-refractivity contribution in [2.75, 3.05) is 39.6 Å². The number of nitrogens with zero attached hydrogens (tertiary/aromatic N) is 2. The van der Waals surface area contributed by atoms with Crippen LogP contribution in [0.4, 0.5) is 0 Å². The zero-order valence-electron chi connectivity index (χ0n) is 38.3. The lowest BCUT2D eigenvalue weighted by molar-refractivity contribution is 0.234. The van der Waals surface area contributed by atoms with Gasteiger partial charge in [-0.05, 0) is 62.8 Å². The Balaban J connectivity index is 2.03. The highest BCUT2D eigenvalue weighted by Gasteiger charge is 2.23. The van der Waals surface area contributed by atoms with Crippen LogP contribution in [0.2, 0.25) is 0 Å². The van der Waals surface area contributed by atoms with Gasteiger partial charge in [0.2, 0.25) is 23.3 Å². The molecular weight excluding hydrogens is 741 g/mol. The number of rotatable bonds is 38. The van der Waals surface area contributed by atoms with Gasteiger partial charge in [0.05, 0.1) is 39.6 Å². The zero-order valence-corrected chi connectivity index (χ0v) is 38.3. The molecule has 3 rings (SSSR count). The van der Waals surface area contributed by atoms with Gasteiger partial charge in [-0.1, -0.05) is 157 Å². The van der Waals surface area contributed by atoms with Gasteiger partial charge < -0.3 is 32.8 Å². The Labute approximate surface area is 359 Å². The van der Waals surface area contributed by atoms with E-state index < -0.39 is 0 Å². The summed E-state index contributed by atoms with van der Waals surface area (Å²) in [5.41, 5.74) is 1.45. The van der Waals surface area contributed by atoms with E-state index in [2.05, 4.69) is 51.7 Å². The minimum Gasteiger partial charge on any atom is -0.490 e. The van der Waals surface area contributed by atoms with Crippen molar-refractivity contribution in [3.8, 4) is 57.4 Å². The lowest BCUT2D eigenvalue weighted by Crippen LogP contribution is -2.07. The number of benzene rings is 2. The van der Waals surface area contributed by atoms with Crippen molar-refractivity contribution in [1.82, 2.24) is 10.2 Å². The molecule has 0 radical (unpaired) electrons. The first-order chi connectivity index (χ1) is 29.1. The summed E-state index contributed by atoms with van der Waals surface area (Å²) in [7, 11) is 0. The second kappa shape index (κ2) is 32.2. The van der Waals surface area contributed by atoms with Gasteiger partial charge in [0.15, 0.2) is 23.0 Å². The Morgan fingerprint density at radius 3 is 0.797 bits per heavy atom. The molecule has 0 amide bonds. The number of unbranched alkanes of at least 4 members (excludes halogenated alkanes) is 18. The molecule has 0 aliphatic rings. The van der Waals surface area contributed by atoms with E-state index >= 15 is 0 Å². The van der Waals surface area contributed by atoms with Crippen molar-refractivity contribution >= 4 is 0 Å². The molecule has 59 heavy (non-hydrogen) atoms. The van der Waals surface area contributed by atoms with Crippen LogP contribution in [0.15, 0.2) is 28.7 Å². The summed E-state index contributed by atoms with van der Waals surface area (Å²) in [5.74, 6) is 4.66. The van der Waals surface area contributed by atoms with E-state index in [-0.39, 0.29) is 0 Å². The Morgan fingerprint density at radius 2 is 0.559 bits per heavy atom. The molecule has 9 heteroatoms. The molecule has 0 aliphatic carbocycles. The van der Waals surface area contributed by atoms with Gasteiger partial charge in [-0.2, -0.15) is 0 Å². The van der Waals surface area contributed by atoms with Crippen molar-refractivity contribution in [1.29, 1.82) is 0 Å². The van der Waals surface area contributed by atoms with Gasteiger partial charge in [-0.3, -0.25) is 0 Å². The highest BCUT2D eigenvalue weighted by atomic mass is 16.5. The summed E-state index contributed by atoms with van der Waals surface area (Å²) in [6.45, 7) is 16.9. The molecule has 1 heterocycles. The zero-order chi connectivity index (χ0) is 42.2. The number of hydrogen-bond donors (Lipinski definition) is 0. The van der Waals surface area contributed by atoms with Gasteiger partial charge >= 0.3 is 0 Å². The van der Waals surface area contributed by atoms with Crippen molar-refractivity contribution < 1.29 is 32.8 Å². The maximum Gasteiger partial charge on any atom is 0.248 e. The third-order valence-electron chi connectivity index (χ3n) is 10.5. The summed E-state index contributed by atoms with van der Waals surface area (Å²) in [4.78, 5) is 0. The molecular formula is C50H82N2O7. The quantitative estimate of drug-likeness (QED) is 0.0524. The van der Waals surface area contributed by atoms with Crippen LogP contribution >= 0.6 is 0 Å². The summed E-state index contributed by atoms with van der Waals surface area (Å²) in [6, 6.07) is 7.86. The molecule has 0 saturated carbocycles. The van der Waals surface area contributed by atoms with Gasteiger partial charge in [-0.15, -0.1) is 10.2 Å². The van der Waals surface area contributed by atoms with Gasteiger partial charge in [0.1, 0.15) is 0 Å². The lowest BCUT2D eigenvalue weighted by Gasteiger charge is -2.18. The van der Waals surface area contributed by atoms with Crippen LogP contribution < -0.4 is 28.4 Å². The number of ether oxygens (including phenoxy) is 6. The number of aromatic nitrogens is 2. The van der Waals surface area contributed by atoms with Crippen molar-refractivity contribution in [2.24, 2.45) is 0 Å². The first-order valence-electron chi connectivity index (χ1n) is 24.1. The first-order valence-corrected chi connectivity index (χ1v) is 24.1. The van der Waals surface area contributed by atoms with Crippen LogP contribution in [-0.4, -0.2) is 49.8 Å². The van der Waals surface area contributed by atoms with Crippen LogP contribution in [0.5, 0.6) is 34.5 Å². The Bertz CT molecular complexity index is 1310. The van der Waals surface area contributed by atoms with Gasteiger partial charge in [0.25, 0.3) is 0 Å². The largest absolute Gasteiger partial charge is 0.490 e. The van der Waals surface area contributed by atoms with Gasteiger partial charge in [-0.25, -0.2) is 0 Å². The average Bonchev–Trinajstić information content (AvgIpc) is 3.75.